The molecule has 4 nitrogen and oxygen atoms in total. The second kappa shape index (κ2) is 6.55. The van der Waals surface area contributed by atoms with Crippen LogP contribution in [0.4, 0.5) is 0 Å². The molecule has 25 heavy (non-hydrogen) atoms. The molecule has 2 aromatic carbocycles. The van der Waals surface area contributed by atoms with E-state index in [1.807, 2.05) is 51.1 Å². The Morgan fingerprint density at radius 2 is 1.68 bits per heavy atom. The molecule has 4 heteroatoms. The Kier molecular flexibility index (Phi) is 4.45. The average molecular weight is 335 g/mol. The zero-order chi connectivity index (χ0) is 18.1. The van der Waals surface area contributed by atoms with Gasteiger partial charge in [0.05, 0.1) is 31.0 Å². The maximum absolute atomic E-state index is 12.5. The number of hydrogen-bond donors (Lipinski definition) is 0. The molecule has 0 N–H and O–H groups in total. The fourth-order valence-electron chi connectivity index (χ4n) is 3.21. The Bertz CT molecular complexity index is 959. The van der Waals surface area contributed by atoms with Crippen molar-refractivity contribution < 1.29 is 14.3 Å². The number of carbonyl (C=O) groups excluding carboxylic acids is 1. The zero-order valence-electron chi connectivity index (χ0n) is 15.1. The zero-order valence-corrected chi connectivity index (χ0v) is 15.1. The van der Waals surface area contributed by atoms with Gasteiger partial charge in [-0.15, -0.1) is 0 Å². The Morgan fingerprint density at radius 3 is 2.28 bits per heavy atom. The topological polar surface area (TPSA) is 48.4 Å². The van der Waals surface area contributed by atoms with Gasteiger partial charge in [-0.3, -0.25) is 0 Å². The van der Waals surface area contributed by atoms with Crippen molar-refractivity contribution in [1.29, 1.82) is 0 Å². The number of nitrogens with zero attached hydrogens (tertiary/aromatic N) is 1. The van der Waals surface area contributed by atoms with Crippen LogP contribution in [0.3, 0.4) is 0 Å². The van der Waals surface area contributed by atoms with Gasteiger partial charge in [0.1, 0.15) is 5.75 Å². The standard InChI is InChI=1S/C21H21NO3/c1-12-10-13(2)19-17(11-12)18(21(23)25-5)14(3)20(22-19)15-6-8-16(24-4)9-7-15/h6-11H,1-5H3. The first kappa shape index (κ1) is 17.0. The quantitative estimate of drug-likeness (QED) is 0.655. The van der Waals surface area contributed by atoms with Crippen molar-refractivity contribution in [2.75, 3.05) is 14.2 Å². The molecule has 0 aliphatic heterocycles. The van der Waals surface area contributed by atoms with E-state index in [1.54, 1.807) is 7.11 Å². The summed E-state index contributed by atoms with van der Waals surface area (Å²) in [6, 6.07) is 11.7. The molecule has 0 amide bonds. The third-order valence-corrected chi connectivity index (χ3v) is 4.42. The van der Waals surface area contributed by atoms with E-state index in [4.69, 9.17) is 14.5 Å². The molecule has 128 valence electrons. The molecular formula is C21H21NO3. The second-order valence-corrected chi connectivity index (χ2v) is 6.16. The Morgan fingerprint density at radius 1 is 1.00 bits per heavy atom. The number of hydrogen-bond acceptors (Lipinski definition) is 4. The summed E-state index contributed by atoms with van der Waals surface area (Å²) in [6.07, 6.45) is 0. The van der Waals surface area contributed by atoms with E-state index in [9.17, 15) is 4.79 Å². The molecule has 0 atom stereocenters. The fourth-order valence-corrected chi connectivity index (χ4v) is 3.21. The highest BCUT2D eigenvalue weighted by atomic mass is 16.5. The smallest absolute Gasteiger partial charge is 0.338 e. The molecule has 1 heterocycles. The van der Waals surface area contributed by atoms with Crippen LogP contribution in [0.25, 0.3) is 22.2 Å². The lowest BCUT2D eigenvalue weighted by molar-refractivity contribution is 0.0602. The van der Waals surface area contributed by atoms with Crippen LogP contribution in [0.2, 0.25) is 0 Å². The minimum Gasteiger partial charge on any atom is -0.497 e. The summed E-state index contributed by atoms with van der Waals surface area (Å²) in [5.41, 5.74) is 6.05. The molecule has 0 spiro atoms. The third kappa shape index (κ3) is 2.95. The molecular weight excluding hydrogens is 314 g/mol. The molecule has 0 aliphatic rings. The molecule has 0 radical (unpaired) electrons. The summed E-state index contributed by atoms with van der Waals surface area (Å²) in [4.78, 5) is 17.4. The first-order chi connectivity index (χ1) is 12.0. The van der Waals surface area contributed by atoms with Gasteiger partial charge >= 0.3 is 5.97 Å². The first-order valence-corrected chi connectivity index (χ1v) is 8.10. The van der Waals surface area contributed by atoms with Crippen molar-refractivity contribution in [2.24, 2.45) is 0 Å². The van der Waals surface area contributed by atoms with E-state index in [0.717, 1.165) is 44.6 Å². The van der Waals surface area contributed by atoms with Crippen LogP contribution in [-0.2, 0) is 4.74 Å². The SMILES string of the molecule is COC(=O)c1c(C)c(-c2ccc(OC)cc2)nc2c(C)cc(C)cc12. The predicted molar refractivity (Wildman–Crippen MR) is 99.3 cm³/mol. The van der Waals surface area contributed by atoms with Gasteiger partial charge < -0.3 is 9.47 Å². The summed E-state index contributed by atoms with van der Waals surface area (Å²) < 4.78 is 10.3. The van der Waals surface area contributed by atoms with Crippen LogP contribution < -0.4 is 4.74 Å². The highest BCUT2D eigenvalue weighted by Crippen LogP contribution is 2.32. The second-order valence-electron chi connectivity index (χ2n) is 6.16. The van der Waals surface area contributed by atoms with E-state index in [-0.39, 0.29) is 5.97 Å². The van der Waals surface area contributed by atoms with Crippen LogP contribution in [-0.4, -0.2) is 25.2 Å². The molecule has 0 aliphatic carbocycles. The molecule has 0 saturated heterocycles. The fraction of sp³-hybridized carbons (Fsp3) is 0.238. The van der Waals surface area contributed by atoms with Crippen LogP contribution in [0.5, 0.6) is 5.75 Å². The van der Waals surface area contributed by atoms with E-state index >= 15 is 0 Å². The number of rotatable bonds is 3. The minimum atomic E-state index is -0.343. The van der Waals surface area contributed by atoms with E-state index in [0.29, 0.717) is 5.56 Å². The number of carbonyl (C=O) groups is 1. The summed E-state index contributed by atoms with van der Waals surface area (Å²) in [5.74, 6) is 0.437. The third-order valence-electron chi connectivity index (χ3n) is 4.42. The van der Waals surface area contributed by atoms with E-state index in [2.05, 4.69) is 6.07 Å². The summed E-state index contributed by atoms with van der Waals surface area (Å²) in [5, 5.41) is 0.833. The van der Waals surface area contributed by atoms with Crippen molar-refractivity contribution in [1.82, 2.24) is 4.98 Å². The Balaban J connectivity index is 2.36. The Hall–Kier alpha value is -2.88. The summed E-state index contributed by atoms with van der Waals surface area (Å²) in [6.45, 7) is 5.94. The van der Waals surface area contributed by atoms with E-state index < -0.39 is 0 Å². The van der Waals surface area contributed by atoms with E-state index in [1.165, 1.54) is 7.11 Å². The molecule has 1 aromatic heterocycles. The van der Waals surface area contributed by atoms with Crippen molar-refractivity contribution in [3.8, 4) is 17.0 Å². The number of methoxy groups -OCH3 is 2. The maximum atomic E-state index is 12.5. The van der Waals surface area contributed by atoms with Gasteiger partial charge in [-0.25, -0.2) is 9.78 Å². The van der Waals surface area contributed by atoms with Crippen LogP contribution in [0, 0.1) is 20.8 Å². The highest BCUT2D eigenvalue weighted by Gasteiger charge is 2.20. The lowest BCUT2D eigenvalue weighted by Crippen LogP contribution is -2.08. The number of aromatic nitrogens is 1. The molecule has 3 rings (SSSR count). The lowest BCUT2D eigenvalue weighted by Gasteiger charge is -2.15. The molecule has 0 fully saturated rings. The number of benzene rings is 2. The summed E-state index contributed by atoms with van der Waals surface area (Å²) in [7, 11) is 3.04. The van der Waals surface area contributed by atoms with Crippen LogP contribution in [0.15, 0.2) is 36.4 Å². The van der Waals surface area contributed by atoms with Crippen molar-refractivity contribution in [3.05, 3.63) is 58.7 Å². The van der Waals surface area contributed by atoms with Gasteiger partial charge in [0.2, 0.25) is 0 Å². The van der Waals surface area contributed by atoms with Crippen molar-refractivity contribution in [2.45, 2.75) is 20.8 Å². The normalized spacial score (nSPS) is 10.8. The molecule has 0 unspecified atom stereocenters. The molecule has 0 saturated carbocycles. The number of fused-ring (bicyclic) bond motifs is 1. The molecule has 3 aromatic rings. The van der Waals surface area contributed by atoms with Gasteiger partial charge in [-0.1, -0.05) is 11.6 Å². The van der Waals surface area contributed by atoms with Crippen molar-refractivity contribution >= 4 is 16.9 Å². The number of ether oxygens (including phenoxy) is 2. The minimum absolute atomic E-state index is 0.343. The monoisotopic (exact) mass is 335 g/mol. The van der Waals surface area contributed by atoms with Gasteiger partial charge in [0, 0.05) is 10.9 Å². The van der Waals surface area contributed by atoms with Crippen LogP contribution in [0.1, 0.15) is 27.0 Å². The number of esters is 1. The first-order valence-electron chi connectivity index (χ1n) is 8.10. The van der Waals surface area contributed by atoms with Gasteiger partial charge in [-0.05, 0) is 62.2 Å². The predicted octanol–water partition coefficient (Wildman–Crippen LogP) is 4.62. The van der Waals surface area contributed by atoms with Crippen LogP contribution >= 0.6 is 0 Å². The lowest BCUT2D eigenvalue weighted by atomic mass is 9.95. The molecule has 0 bridgehead atoms. The largest absolute Gasteiger partial charge is 0.497 e. The summed E-state index contributed by atoms with van der Waals surface area (Å²) >= 11 is 0. The number of pyridine rings is 1. The highest BCUT2D eigenvalue weighted by molar-refractivity contribution is 6.07. The number of aryl methyl sites for hydroxylation is 2. The average Bonchev–Trinajstić information content (AvgIpc) is 2.61. The van der Waals surface area contributed by atoms with Gasteiger partial charge in [-0.2, -0.15) is 0 Å². The van der Waals surface area contributed by atoms with Gasteiger partial charge in [0.15, 0.2) is 0 Å². The Labute approximate surface area is 147 Å². The van der Waals surface area contributed by atoms with Crippen molar-refractivity contribution in [3.63, 3.8) is 0 Å². The van der Waals surface area contributed by atoms with Gasteiger partial charge in [0.25, 0.3) is 0 Å². The maximum Gasteiger partial charge on any atom is 0.338 e.